The normalized spacial score (nSPS) is 16.4. The van der Waals surface area contributed by atoms with Crippen LogP contribution in [0.1, 0.15) is 16.8 Å². The molecular formula is C20H20ClN3O4. The molecule has 1 aliphatic rings. The summed E-state index contributed by atoms with van der Waals surface area (Å²) in [4.78, 5) is 38.0. The lowest BCUT2D eigenvalue weighted by Crippen LogP contribution is -2.42. The molecule has 0 aliphatic carbocycles. The second kappa shape index (κ2) is 8.86. The average molecular weight is 402 g/mol. The van der Waals surface area contributed by atoms with Gasteiger partial charge in [0, 0.05) is 23.7 Å². The SMILES string of the molecule is COc1ccc(N2C(=O)C[C@H](NCCNC(=O)c3ccc(Cl)cc3)C2=O)cc1. The van der Waals surface area contributed by atoms with Crippen molar-refractivity contribution in [2.45, 2.75) is 12.5 Å². The van der Waals surface area contributed by atoms with Crippen molar-refractivity contribution in [2.75, 3.05) is 25.1 Å². The van der Waals surface area contributed by atoms with Crippen LogP contribution < -0.4 is 20.3 Å². The summed E-state index contributed by atoms with van der Waals surface area (Å²) in [7, 11) is 1.55. The van der Waals surface area contributed by atoms with Gasteiger partial charge in [0.05, 0.1) is 25.3 Å². The minimum Gasteiger partial charge on any atom is -0.497 e. The Morgan fingerprint density at radius 1 is 1.11 bits per heavy atom. The number of hydrogen-bond acceptors (Lipinski definition) is 5. The molecule has 3 amide bonds. The molecule has 7 nitrogen and oxygen atoms in total. The number of amides is 3. The Bertz CT molecular complexity index is 868. The number of methoxy groups -OCH3 is 1. The Morgan fingerprint density at radius 2 is 1.79 bits per heavy atom. The van der Waals surface area contributed by atoms with Gasteiger partial charge in [0.25, 0.3) is 11.8 Å². The number of nitrogens with one attached hydrogen (secondary N) is 2. The van der Waals surface area contributed by atoms with E-state index in [0.29, 0.717) is 35.1 Å². The zero-order valence-electron chi connectivity index (χ0n) is 15.3. The summed E-state index contributed by atoms with van der Waals surface area (Å²) < 4.78 is 5.09. The minimum absolute atomic E-state index is 0.0794. The van der Waals surface area contributed by atoms with E-state index >= 15 is 0 Å². The van der Waals surface area contributed by atoms with Gasteiger partial charge in [-0.25, -0.2) is 4.90 Å². The Balaban J connectivity index is 1.50. The lowest BCUT2D eigenvalue weighted by atomic mass is 10.2. The van der Waals surface area contributed by atoms with Gasteiger partial charge in [0.15, 0.2) is 0 Å². The Morgan fingerprint density at radius 3 is 2.43 bits per heavy atom. The number of imide groups is 1. The largest absolute Gasteiger partial charge is 0.497 e. The van der Waals surface area contributed by atoms with Crippen molar-refractivity contribution in [3.63, 3.8) is 0 Å². The molecule has 0 unspecified atom stereocenters. The molecule has 0 aromatic heterocycles. The first-order chi connectivity index (χ1) is 13.5. The highest BCUT2D eigenvalue weighted by Gasteiger charge is 2.39. The number of carbonyl (C=O) groups is 3. The van der Waals surface area contributed by atoms with Crippen LogP contribution in [0.25, 0.3) is 0 Å². The summed E-state index contributed by atoms with van der Waals surface area (Å²) in [6.07, 6.45) is 0.0794. The maximum absolute atomic E-state index is 12.6. The summed E-state index contributed by atoms with van der Waals surface area (Å²) in [5.74, 6) is -0.154. The highest BCUT2D eigenvalue weighted by molar-refractivity contribution is 6.30. The Hall–Kier alpha value is -2.90. The quantitative estimate of drug-likeness (QED) is 0.547. The molecule has 0 bridgehead atoms. The van der Waals surface area contributed by atoms with E-state index in [0.717, 1.165) is 0 Å². The van der Waals surface area contributed by atoms with E-state index in [2.05, 4.69) is 10.6 Å². The van der Waals surface area contributed by atoms with Crippen LogP contribution in [-0.2, 0) is 9.59 Å². The maximum atomic E-state index is 12.6. The molecule has 1 fully saturated rings. The second-order valence-electron chi connectivity index (χ2n) is 6.24. The van der Waals surface area contributed by atoms with Crippen molar-refractivity contribution in [1.29, 1.82) is 0 Å². The van der Waals surface area contributed by atoms with Gasteiger partial charge in [0.2, 0.25) is 5.91 Å². The average Bonchev–Trinajstić information content (AvgIpc) is 2.99. The van der Waals surface area contributed by atoms with Crippen LogP contribution in [-0.4, -0.2) is 44.0 Å². The van der Waals surface area contributed by atoms with E-state index in [9.17, 15) is 14.4 Å². The van der Waals surface area contributed by atoms with Gasteiger partial charge in [-0.05, 0) is 48.5 Å². The first kappa shape index (κ1) is 19.9. The van der Waals surface area contributed by atoms with E-state index in [1.54, 1.807) is 55.6 Å². The molecule has 0 radical (unpaired) electrons. The predicted molar refractivity (Wildman–Crippen MR) is 106 cm³/mol. The summed E-state index contributed by atoms with van der Waals surface area (Å²) in [6, 6.07) is 12.7. The molecule has 1 aliphatic heterocycles. The molecule has 1 heterocycles. The summed E-state index contributed by atoms with van der Waals surface area (Å²) in [5, 5.41) is 6.34. The minimum atomic E-state index is -0.609. The van der Waals surface area contributed by atoms with Crippen LogP contribution in [0.15, 0.2) is 48.5 Å². The third kappa shape index (κ3) is 4.49. The third-order valence-electron chi connectivity index (χ3n) is 4.38. The summed E-state index contributed by atoms with van der Waals surface area (Å²) >= 11 is 5.80. The van der Waals surface area contributed by atoms with Crippen molar-refractivity contribution in [2.24, 2.45) is 0 Å². The van der Waals surface area contributed by atoms with Crippen molar-refractivity contribution in [1.82, 2.24) is 10.6 Å². The van der Waals surface area contributed by atoms with Gasteiger partial charge >= 0.3 is 0 Å². The van der Waals surface area contributed by atoms with Gasteiger partial charge in [-0.3, -0.25) is 14.4 Å². The molecule has 146 valence electrons. The zero-order valence-corrected chi connectivity index (χ0v) is 16.0. The van der Waals surface area contributed by atoms with Crippen LogP contribution >= 0.6 is 11.6 Å². The smallest absolute Gasteiger partial charge is 0.251 e. The molecule has 1 atom stereocenters. The Kier molecular flexibility index (Phi) is 6.28. The number of hydrogen-bond donors (Lipinski definition) is 2. The molecule has 2 N–H and O–H groups in total. The van der Waals surface area contributed by atoms with Crippen molar-refractivity contribution < 1.29 is 19.1 Å². The van der Waals surface area contributed by atoms with Gasteiger partial charge in [-0.15, -0.1) is 0 Å². The third-order valence-corrected chi connectivity index (χ3v) is 4.64. The first-order valence-corrected chi connectivity index (χ1v) is 9.15. The van der Waals surface area contributed by atoms with Crippen LogP contribution in [0.5, 0.6) is 5.75 Å². The molecule has 1 saturated heterocycles. The molecule has 0 spiro atoms. The molecule has 28 heavy (non-hydrogen) atoms. The number of ether oxygens (including phenoxy) is 1. The lowest BCUT2D eigenvalue weighted by Gasteiger charge is -2.16. The fourth-order valence-electron chi connectivity index (χ4n) is 2.92. The molecule has 2 aromatic carbocycles. The van der Waals surface area contributed by atoms with E-state index in [-0.39, 0.29) is 24.1 Å². The number of carbonyl (C=O) groups excluding carboxylic acids is 3. The lowest BCUT2D eigenvalue weighted by molar-refractivity contribution is -0.121. The number of benzene rings is 2. The van der Waals surface area contributed by atoms with Crippen LogP contribution in [0.2, 0.25) is 5.02 Å². The topological polar surface area (TPSA) is 87.7 Å². The van der Waals surface area contributed by atoms with Gasteiger partial charge in [0.1, 0.15) is 5.75 Å². The molecular weight excluding hydrogens is 382 g/mol. The number of rotatable bonds is 7. The van der Waals surface area contributed by atoms with E-state index in [4.69, 9.17) is 16.3 Å². The highest BCUT2D eigenvalue weighted by Crippen LogP contribution is 2.25. The number of nitrogens with zero attached hydrogens (tertiary/aromatic N) is 1. The monoisotopic (exact) mass is 401 g/mol. The zero-order chi connectivity index (χ0) is 20.1. The Labute approximate surface area is 167 Å². The standard InChI is InChI=1S/C20H20ClN3O4/c1-28-16-8-6-15(7-9-16)24-18(25)12-17(20(24)27)22-10-11-23-19(26)13-2-4-14(21)5-3-13/h2-9,17,22H,10-12H2,1H3,(H,23,26)/t17-/m0/s1. The number of halogens is 1. The van der Waals surface area contributed by atoms with Gasteiger partial charge < -0.3 is 15.4 Å². The van der Waals surface area contributed by atoms with Gasteiger partial charge in [-0.1, -0.05) is 11.6 Å². The second-order valence-corrected chi connectivity index (χ2v) is 6.68. The van der Waals surface area contributed by atoms with E-state index in [1.807, 2.05) is 0 Å². The molecule has 2 aromatic rings. The molecule has 8 heteroatoms. The maximum Gasteiger partial charge on any atom is 0.251 e. The van der Waals surface area contributed by atoms with Gasteiger partial charge in [-0.2, -0.15) is 0 Å². The van der Waals surface area contributed by atoms with E-state index < -0.39 is 6.04 Å². The van der Waals surface area contributed by atoms with Crippen LogP contribution in [0.4, 0.5) is 5.69 Å². The van der Waals surface area contributed by atoms with Crippen molar-refractivity contribution in [3.05, 3.63) is 59.1 Å². The van der Waals surface area contributed by atoms with Crippen LogP contribution in [0.3, 0.4) is 0 Å². The van der Waals surface area contributed by atoms with E-state index in [1.165, 1.54) is 4.90 Å². The van der Waals surface area contributed by atoms with Crippen molar-refractivity contribution in [3.8, 4) is 5.75 Å². The predicted octanol–water partition coefficient (Wildman–Crippen LogP) is 2.00. The molecule has 0 saturated carbocycles. The summed E-state index contributed by atoms with van der Waals surface area (Å²) in [5.41, 5.74) is 1.01. The van der Waals surface area contributed by atoms with Crippen LogP contribution in [0, 0.1) is 0 Å². The summed E-state index contributed by atoms with van der Waals surface area (Å²) in [6.45, 7) is 0.682. The molecule has 3 rings (SSSR count). The number of anilines is 1. The first-order valence-electron chi connectivity index (χ1n) is 8.77. The highest BCUT2D eigenvalue weighted by atomic mass is 35.5. The fourth-order valence-corrected chi connectivity index (χ4v) is 3.05. The fraction of sp³-hybridized carbons (Fsp3) is 0.250. The van der Waals surface area contributed by atoms with Crippen molar-refractivity contribution >= 4 is 35.0 Å².